The summed E-state index contributed by atoms with van der Waals surface area (Å²) in [6, 6.07) is 19.2. The number of nitrogens with zero attached hydrogens (tertiary/aromatic N) is 2. The number of fused-ring (bicyclic) bond motifs is 1. The number of para-hydroxylation sites is 1. The molecule has 0 aliphatic rings. The fourth-order valence-corrected chi connectivity index (χ4v) is 2.81. The lowest BCUT2D eigenvalue weighted by Gasteiger charge is -2.07. The summed E-state index contributed by atoms with van der Waals surface area (Å²) in [4.78, 5) is 11.8. The fraction of sp³-hybridized carbons (Fsp3) is 0.100. The topological polar surface area (TPSA) is 60.1 Å². The molecule has 5 nitrogen and oxygen atoms in total. The Hall–Kier alpha value is -3.34. The van der Waals surface area contributed by atoms with Gasteiger partial charge in [-0.15, -0.1) is 0 Å². The summed E-state index contributed by atoms with van der Waals surface area (Å²) in [6.07, 6.45) is 1.90. The number of rotatable bonds is 4. The van der Waals surface area contributed by atoms with E-state index in [1.807, 2.05) is 72.4 Å². The molecule has 5 heteroatoms. The molecule has 0 bridgehead atoms. The van der Waals surface area contributed by atoms with Crippen LogP contribution in [0.5, 0.6) is 0 Å². The van der Waals surface area contributed by atoms with Crippen LogP contribution in [0.2, 0.25) is 0 Å². The Morgan fingerprint density at radius 1 is 1.08 bits per heavy atom. The first kappa shape index (κ1) is 15.2. The zero-order valence-electron chi connectivity index (χ0n) is 13.8. The van der Waals surface area contributed by atoms with Crippen molar-refractivity contribution in [3.05, 3.63) is 88.4 Å². The van der Waals surface area contributed by atoms with E-state index in [-0.39, 0.29) is 5.63 Å². The quantitative estimate of drug-likeness (QED) is 0.576. The molecule has 0 radical (unpaired) electrons. The fourth-order valence-electron chi connectivity index (χ4n) is 2.81. The highest BCUT2D eigenvalue weighted by atomic mass is 16.4. The van der Waals surface area contributed by atoms with Crippen molar-refractivity contribution in [1.82, 2.24) is 9.78 Å². The molecule has 4 aromatic rings. The zero-order chi connectivity index (χ0) is 17.2. The summed E-state index contributed by atoms with van der Waals surface area (Å²) < 4.78 is 7.10. The number of aryl methyl sites for hydroxylation is 1. The third-order valence-electron chi connectivity index (χ3n) is 4.06. The van der Waals surface area contributed by atoms with Crippen molar-refractivity contribution in [3.8, 4) is 5.69 Å². The first-order valence-corrected chi connectivity index (χ1v) is 8.07. The van der Waals surface area contributed by atoms with E-state index >= 15 is 0 Å². The molecule has 0 unspecified atom stereocenters. The third kappa shape index (κ3) is 3.17. The summed E-state index contributed by atoms with van der Waals surface area (Å²) in [7, 11) is 0. The highest BCUT2D eigenvalue weighted by Crippen LogP contribution is 2.19. The lowest BCUT2D eigenvalue weighted by Crippen LogP contribution is -2.06. The predicted molar refractivity (Wildman–Crippen MR) is 98.1 cm³/mol. The maximum Gasteiger partial charge on any atom is 0.336 e. The molecule has 2 aromatic heterocycles. The average Bonchev–Trinajstić information content (AvgIpc) is 3.09. The van der Waals surface area contributed by atoms with Crippen molar-refractivity contribution in [2.75, 3.05) is 5.32 Å². The van der Waals surface area contributed by atoms with Crippen LogP contribution in [0, 0.1) is 6.92 Å². The van der Waals surface area contributed by atoms with Crippen LogP contribution in [0.15, 0.2) is 76.1 Å². The molecule has 0 saturated carbocycles. The molecule has 0 aliphatic heterocycles. The highest BCUT2D eigenvalue weighted by Gasteiger charge is 2.07. The maximum atomic E-state index is 11.8. The first-order valence-electron chi connectivity index (χ1n) is 8.07. The molecule has 1 N–H and O–H groups in total. The lowest BCUT2D eigenvalue weighted by molar-refractivity contribution is 0.559. The van der Waals surface area contributed by atoms with Gasteiger partial charge in [0.25, 0.3) is 0 Å². The summed E-state index contributed by atoms with van der Waals surface area (Å²) in [5.74, 6) is 0.748. The molecule has 0 fully saturated rings. The van der Waals surface area contributed by atoms with Crippen molar-refractivity contribution in [2.45, 2.75) is 13.5 Å². The van der Waals surface area contributed by atoms with Crippen molar-refractivity contribution >= 4 is 16.8 Å². The van der Waals surface area contributed by atoms with Gasteiger partial charge in [0.05, 0.1) is 5.69 Å². The molecule has 2 aromatic carbocycles. The average molecular weight is 331 g/mol. The van der Waals surface area contributed by atoms with Gasteiger partial charge in [0, 0.05) is 30.3 Å². The van der Waals surface area contributed by atoms with Crippen LogP contribution in [0.25, 0.3) is 16.7 Å². The molecule has 2 heterocycles. The number of aromatic nitrogens is 2. The Morgan fingerprint density at radius 3 is 2.76 bits per heavy atom. The van der Waals surface area contributed by atoms with E-state index in [0.717, 1.165) is 28.0 Å². The molecule has 4 rings (SSSR count). The Morgan fingerprint density at radius 2 is 1.92 bits per heavy atom. The summed E-state index contributed by atoms with van der Waals surface area (Å²) in [5.41, 5.74) is 3.21. The number of hydrogen-bond donors (Lipinski definition) is 1. The Kier molecular flexibility index (Phi) is 3.82. The molecule has 25 heavy (non-hydrogen) atoms. The van der Waals surface area contributed by atoms with E-state index < -0.39 is 0 Å². The molecule has 124 valence electrons. The first-order chi connectivity index (χ1) is 12.2. The van der Waals surface area contributed by atoms with E-state index in [9.17, 15) is 4.79 Å². The zero-order valence-corrected chi connectivity index (χ0v) is 13.8. The van der Waals surface area contributed by atoms with Crippen LogP contribution < -0.4 is 10.9 Å². The van der Waals surface area contributed by atoms with E-state index in [4.69, 9.17) is 4.42 Å². The molecule has 0 amide bonds. The van der Waals surface area contributed by atoms with Gasteiger partial charge in [0.1, 0.15) is 11.4 Å². The van der Waals surface area contributed by atoms with E-state index in [1.165, 1.54) is 6.07 Å². The molecule has 0 spiro atoms. The molecule has 0 saturated heterocycles. The summed E-state index contributed by atoms with van der Waals surface area (Å²) in [5, 5.41) is 8.72. The van der Waals surface area contributed by atoms with Gasteiger partial charge in [-0.05, 0) is 36.2 Å². The SMILES string of the molecule is Cc1ccc2c(CNc3ccn(-c4ccccc4)n3)cc(=O)oc2c1. The number of benzene rings is 2. The second kappa shape index (κ2) is 6.28. The summed E-state index contributed by atoms with van der Waals surface area (Å²) >= 11 is 0. The van der Waals surface area contributed by atoms with Crippen LogP contribution in [0.1, 0.15) is 11.1 Å². The minimum Gasteiger partial charge on any atom is -0.423 e. The van der Waals surface area contributed by atoms with Gasteiger partial charge in [0.15, 0.2) is 0 Å². The predicted octanol–water partition coefficient (Wildman–Crippen LogP) is 3.90. The lowest BCUT2D eigenvalue weighted by atomic mass is 10.1. The van der Waals surface area contributed by atoms with Crippen LogP contribution in [0.4, 0.5) is 5.82 Å². The molecule has 0 atom stereocenters. The second-order valence-corrected chi connectivity index (χ2v) is 5.92. The van der Waals surface area contributed by atoms with Crippen molar-refractivity contribution in [1.29, 1.82) is 0 Å². The number of nitrogens with one attached hydrogen (secondary N) is 1. The maximum absolute atomic E-state index is 11.8. The number of anilines is 1. The minimum atomic E-state index is -0.343. The smallest absolute Gasteiger partial charge is 0.336 e. The van der Waals surface area contributed by atoms with E-state index in [2.05, 4.69) is 10.4 Å². The summed E-state index contributed by atoms with van der Waals surface area (Å²) in [6.45, 7) is 2.47. The normalized spacial score (nSPS) is 10.9. The third-order valence-corrected chi connectivity index (χ3v) is 4.06. The highest BCUT2D eigenvalue weighted by molar-refractivity contribution is 5.81. The Bertz CT molecular complexity index is 1080. The van der Waals surface area contributed by atoms with Crippen LogP contribution >= 0.6 is 0 Å². The van der Waals surface area contributed by atoms with E-state index in [1.54, 1.807) is 0 Å². The Balaban J connectivity index is 1.59. The van der Waals surface area contributed by atoms with Gasteiger partial charge in [0.2, 0.25) is 0 Å². The molecular formula is C20H17N3O2. The van der Waals surface area contributed by atoms with Crippen molar-refractivity contribution < 1.29 is 4.42 Å². The molecular weight excluding hydrogens is 314 g/mol. The standard InChI is InChI=1S/C20H17N3O2/c1-14-7-8-17-15(12-20(24)25-18(17)11-14)13-21-19-9-10-23(22-19)16-5-3-2-4-6-16/h2-12H,13H2,1H3,(H,21,22). The largest absolute Gasteiger partial charge is 0.423 e. The number of hydrogen-bond acceptors (Lipinski definition) is 4. The van der Waals surface area contributed by atoms with Gasteiger partial charge < -0.3 is 9.73 Å². The van der Waals surface area contributed by atoms with Crippen LogP contribution in [0.3, 0.4) is 0 Å². The molecule has 0 aliphatic carbocycles. The van der Waals surface area contributed by atoms with Crippen LogP contribution in [-0.2, 0) is 6.54 Å². The van der Waals surface area contributed by atoms with Gasteiger partial charge >= 0.3 is 5.63 Å². The van der Waals surface area contributed by atoms with Crippen LogP contribution in [-0.4, -0.2) is 9.78 Å². The van der Waals surface area contributed by atoms with Gasteiger partial charge in [-0.2, -0.15) is 5.10 Å². The monoisotopic (exact) mass is 331 g/mol. The van der Waals surface area contributed by atoms with E-state index in [0.29, 0.717) is 12.1 Å². The van der Waals surface area contributed by atoms with Gasteiger partial charge in [-0.1, -0.05) is 30.3 Å². The van der Waals surface area contributed by atoms with Crippen molar-refractivity contribution in [3.63, 3.8) is 0 Å². The van der Waals surface area contributed by atoms with Gasteiger partial charge in [-0.3, -0.25) is 0 Å². The second-order valence-electron chi connectivity index (χ2n) is 5.92. The Labute approximate surface area is 144 Å². The van der Waals surface area contributed by atoms with Crippen molar-refractivity contribution in [2.24, 2.45) is 0 Å². The van der Waals surface area contributed by atoms with Gasteiger partial charge in [-0.25, -0.2) is 9.48 Å². The minimum absolute atomic E-state index is 0.343.